The summed E-state index contributed by atoms with van der Waals surface area (Å²) in [5.74, 6) is -2.05. The van der Waals surface area contributed by atoms with Crippen molar-refractivity contribution < 1.29 is 18.4 Å². The van der Waals surface area contributed by atoms with Crippen molar-refractivity contribution in [3.8, 4) is 0 Å². The lowest BCUT2D eigenvalue weighted by Crippen LogP contribution is -2.35. The van der Waals surface area contributed by atoms with Crippen LogP contribution in [0.1, 0.15) is 23.1 Å². The van der Waals surface area contributed by atoms with Crippen molar-refractivity contribution >= 4 is 34.8 Å². The average molecular weight is 518 g/mol. The summed E-state index contributed by atoms with van der Waals surface area (Å²) in [5, 5.41) is 2.88. The van der Waals surface area contributed by atoms with E-state index < -0.39 is 5.92 Å². The second-order valence-corrected chi connectivity index (χ2v) is 8.96. The van der Waals surface area contributed by atoms with Crippen molar-refractivity contribution in [3.63, 3.8) is 0 Å². The van der Waals surface area contributed by atoms with Crippen LogP contribution in [0.15, 0.2) is 101 Å². The lowest BCUT2D eigenvalue weighted by atomic mass is 9.95. The molecule has 0 spiro atoms. The lowest BCUT2D eigenvalue weighted by Gasteiger charge is -2.27. The normalized spacial score (nSPS) is 16.5. The van der Waals surface area contributed by atoms with E-state index in [2.05, 4.69) is 5.32 Å². The van der Waals surface area contributed by atoms with E-state index >= 15 is 0 Å². The Morgan fingerprint density at radius 1 is 0.973 bits per heavy atom. The Morgan fingerprint density at radius 2 is 1.65 bits per heavy atom. The molecule has 2 aliphatic rings. The summed E-state index contributed by atoms with van der Waals surface area (Å²) in [7, 11) is 0. The van der Waals surface area contributed by atoms with Gasteiger partial charge in [-0.3, -0.25) is 14.5 Å². The monoisotopic (exact) mass is 517 g/mol. The summed E-state index contributed by atoms with van der Waals surface area (Å²) < 4.78 is 26.9. The third-order valence-corrected chi connectivity index (χ3v) is 6.51. The maximum Gasteiger partial charge on any atom is 0.246 e. The van der Waals surface area contributed by atoms with Crippen molar-refractivity contribution in [2.45, 2.75) is 13.0 Å². The van der Waals surface area contributed by atoms with Gasteiger partial charge in [0.25, 0.3) is 0 Å². The van der Waals surface area contributed by atoms with E-state index in [4.69, 9.17) is 16.6 Å². The summed E-state index contributed by atoms with van der Waals surface area (Å²) in [6.45, 7) is 0.252. The highest BCUT2D eigenvalue weighted by Crippen LogP contribution is 2.37. The van der Waals surface area contributed by atoms with Crippen molar-refractivity contribution in [2.24, 2.45) is 10.9 Å². The number of hydrogen-bond acceptors (Lipinski definition) is 3. The molecule has 37 heavy (non-hydrogen) atoms. The number of carbonyl (C=O) groups excluding carboxylic acids is 2. The number of allylic oxidation sites excluding steroid dienone is 2. The Morgan fingerprint density at radius 3 is 2.35 bits per heavy atom. The van der Waals surface area contributed by atoms with E-state index in [9.17, 15) is 18.4 Å². The van der Waals surface area contributed by atoms with Gasteiger partial charge in [0.2, 0.25) is 11.8 Å². The maximum atomic E-state index is 13.7. The van der Waals surface area contributed by atoms with Crippen LogP contribution in [0.2, 0.25) is 0 Å². The molecule has 1 atom stereocenters. The summed E-state index contributed by atoms with van der Waals surface area (Å²) in [5.41, 5.74) is 4.38. The highest BCUT2D eigenvalue weighted by Gasteiger charge is 2.32. The molecule has 1 aliphatic heterocycles. The number of nitrogens with one attached hydrogen (secondary N) is 1. The molecule has 0 radical (unpaired) electrons. The minimum absolute atomic E-state index is 0.220. The molecule has 186 valence electrons. The molecule has 1 unspecified atom stereocenters. The van der Waals surface area contributed by atoms with Crippen LogP contribution in [0.5, 0.6) is 0 Å². The molecule has 1 heterocycles. The molecule has 0 saturated heterocycles. The Hall–Kier alpha value is -4.10. The van der Waals surface area contributed by atoms with Crippen LogP contribution in [0.3, 0.4) is 0 Å². The minimum atomic E-state index is -0.536. The standard InChI is InChI=1S/C29H22ClF2N3O2/c30-16-27(36)35-25-4-2-1-3-23(25)28(19-7-12-22(32)13-8-19)34-24-15-20(9-14-26(24)35)29(37)33-17-18-5-10-21(31)11-6-18/h1-14,20H,15-17H2,(H,33,37). The van der Waals surface area contributed by atoms with Gasteiger partial charge in [0.1, 0.15) is 17.5 Å². The molecule has 0 fully saturated rings. The van der Waals surface area contributed by atoms with Crippen LogP contribution >= 0.6 is 11.6 Å². The molecule has 3 aromatic rings. The number of rotatable bonds is 5. The summed E-state index contributed by atoms with van der Waals surface area (Å²) in [6, 6.07) is 19.2. The SMILES string of the molecule is O=C(NCc1ccc(F)cc1)C1C=CC2=C(C1)N=C(c1ccc(F)cc1)c1ccccc1N2C(=O)CCl. The quantitative estimate of drug-likeness (QED) is 0.455. The number of fused-ring (bicyclic) bond motifs is 1. The molecule has 0 aromatic heterocycles. The van der Waals surface area contributed by atoms with E-state index in [0.29, 0.717) is 33.9 Å². The summed E-state index contributed by atoms with van der Waals surface area (Å²) in [4.78, 5) is 32.5. The predicted molar refractivity (Wildman–Crippen MR) is 139 cm³/mol. The number of anilines is 1. The Labute approximate surface area is 217 Å². The van der Waals surface area contributed by atoms with Crippen molar-refractivity contribution in [2.75, 3.05) is 10.8 Å². The fourth-order valence-electron chi connectivity index (χ4n) is 4.44. The van der Waals surface area contributed by atoms with Crippen molar-refractivity contribution in [1.29, 1.82) is 0 Å². The average Bonchev–Trinajstić information content (AvgIpc) is 3.07. The molecular weight excluding hydrogens is 496 g/mol. The number of aliphatic imine (C=N–C) groups is 1. The molecular formula is C29H22ClF2N3O2. The second-order valence-electron chi connectivity index (χ2n) is 8.69. The molecule has 3 aromatic carbocycles. The molecule has 0 bridgehead atoms. The van der Waals surface area contributed by atoms with E-state index in [0.717, 1.165) is 5.56 Å². The smallest absolute Gasteiger partial charge is 0.246 e. The number of amides is 2. The van der Waals surface area contributed by atoms with E-state index in [1.807, 2.05) is 24.3 Å². The third-order valence-electron chi connectivity index (χ3n) is 6.28. The molecule has 8 heteroatoms. The number of alkyl halides is 1. The molecule has 5 nitrogen and oxygen atoms in total. The molecule has 1 aliphatic carbocycles. The number of carbonyl (C=O) groups is 2. The largest absolute Gasteiger partial charge is 0.352 e. The van der Waals surface area contributed by atoms with Crippen LogP contribution in [-0.4, -0.2) is 23.4 Å². The molecule has 0 saturated carbocycles. The summed E-state index contributed by atoms with van der Waals surface area (Å²) in [6.07, 6.45) is 3.71. The zero-order valence-electron chi connectivity index (χ0n) is 19.6. The molecule has 1 N–H and O–H groups in total. The van der Waals surface area contributed by atoms with Crippen LogP contribution in [0.25, 0.3) is 0 Å². The zero-order valence-corrected chi connectivity index (χ0v) is 20.4. The van der Waals surface area contributed by atoms with Crippen LogP contribution in [0.4, 0.5) is 14.5 Å². The van der Waals surface area contributed by atoms with Gasteiger partial charge in [-0.1, -0.05) is 36.4 Å². The van der Waals surface area contributed by atoms with Gasteiger partial charge in [-0.15, -0.1) is 11.6 Å². The second kappa shape index (κ2) is 10.5. The lowest BCUT2D eigenvalue weighted by molar-refractivity contribution is -0.123. The number of halogens is 3. The first-order valence-corrected chi connectivity index (χ1v) is 12.2. The minimum Gasteiger partial charge on any atom is -0.352 e. The molecule has 2 amide bonds. The van der Waals surface area contributed by atoms with Gasteiger partial charge in [0.05, 0.1) is 28.7 Å². The van der Waals surface area contributed by atoms with E-state index in [1.165, 1.54) is 29.2 Å². The van der Waals surface area contributed by atoms with Gasteiger partial charge in [-0.2, -0.15) is 0 Å². The first-order chi connectivity index (χ1) is 17.9. The van der Waals surface area contributed by atoms with Gasteiger partial charge in [0, 0.05) is 24.1 Å². The van der Waals surface area contributed by atoms with E-state index in [-0.39, 0.29) is 42.3 Å². The fourth-order valence-corrected chi connectivity index (χ4v) is 4.56. The third kappa shape index (κ3) is 5.08. The predicted octanol–water partition coefficient (Wildman–Crippen LogP) is 5.49. The first kappa shape index (κ1) is 24.6. The van der Waals surface area contributed by atoms with Gasteiger partial charge < -0.3 is 5.32 Å². The zero-order chi connectivity index (χ0) is 25.9. The Bertz CT molecular complexity index is 1450. The number of hydrogen-bond donors (Lipinski definition) is 1. The maximum absolute atomic E-state index is 13.7. The van der Waals surface area contributed by atoms with Gasteiger partial charge in [-0.25, -0.2) is 13.8 Å². The Balaban J connectivity index is 1.51. The first-order valence-electron chi connectivity index (χ1n) is 11.7. The topological polar surface area (TPSA) is 61.8 Å². The highest BCUT2D eigenvalue weighted by atomic mass is 35.5. The van der Waals surface area contributed by atoms with Gasteiger partial charge >= 0.3 is 0 Å². The van der Waals surface area contributed by atoms with Crippen molar-refractivity contribution in [3.05, 3.63) is 125 Å². The van der Waals surface area contributed by atoms with Crippen LogP contribution in [-0.2, 0) is 16.1 Å². The van der Waals surface area contributed by atoms with Gasteiger partial charge in [0.15, 0.2) is 0 Å². The van der Waals surface area contributed by atoms with E-state index in [1.54, 1.807) is 36.4 Å². The fraction of sp³-hybridized carbons (Fsp3) is 0.138. The van der Waals surface area contributed by atoms with Crippen molar-refractivity contribution in [1.82, 2.24) is 5.32 Å². The highest BCUT2D eigenvalue weighted by molar-refractivity contribution is 6.30. The van der Waals surface area contributed by atoms with Crippen LogP contribution < -0.4 is 10.2 Å². The van der Waals surface area contributed by atoms with Gasteiger partial charge in [-0.05, 0) is 54.1 Å². The van der Waals surface area contributed by atoms with Crippen LogP contribution in [0, 0.1) is 17.6 Å². The number of para-hydroxylation sites is 1. The number of nitrogens with zero attached hydrogens (tertiary/aromatic N) is 2. The number of benzene rings is 3. The summed E-state index contributed by atoms with van der Waals surface area (Å²) >= 11 is 5.99. The molecule has 5 rings (SSSR count). The Kier molecular flexibility index (Phi) is 6.97.